The summed E-state index contributed by atoms with van der Waals surface area (Å²) in [5, 5.41) is 0. The minimum absolute atomic E-state index is 0.416. The lowest BCUT2D eigenvalue weighted by atomic mass is 9.72. The van der Waals surface area contributed by atoms with E-state index in [-0.39, 0.29) is 0 Å². The molecular weight excluding hydrogens is 243 g/mol. The Bertz CT molecular complexity index is 327. The zero-order valence-electron chi connectivity index (χ0n) is 13.6. The molecule has 3 heteroatoms. The van der Waals surface area contributed by atoms with E-state index in [4.69, 9.17) is 12.8 Å². The van der Waals surface area contributed by atoms with Gasteiger partial charge >= 0.3 is 0 Å². The first-order valence-corrected chi connectivity index (χ1v) is 8.70. The van der Waals surface area contributed by atoms with Gasteiger partial charge in [0.2, 0.25) is 0 Å². The van der Waals surface area contributed by atoms with Crippen molar-refractivity contribution < 1.29 is 0 Å². The van der Waals surface area contributed by atoms with Crippen molar-refractivity contribution >= 4 is 13.7 Å². The predicted octanol–water partition coefficient (Wildman–Crippen LogP) is 4.21. The number of nitrogens with zero attached hydrogens (tertiary/aromatic N) is 2. The summed E-state index contributed by atoms with van der Waals surface area (Å²) in [6.07, 6.45) is 10.2. The first-order chi connectivity index (χ1) is 9.63. The van der Waals surface area contributed by atoms with Crippen molar-refractivity contribution in [1.82, 2.24) is 4.90 Å². The fourth-order valence-electron chi connectivity index (χ4n) is 4.17. The number of fused-ring (bicyclic) bond motifs is 1. The number of rotatable bonds is 2. The number of amidine groups is 1. The van der Waals surface area contributed by atoms with Crippen LogP contribution in [0.15, 0.2) is 4.99 Å². The van der Waals surface area contributed by atoms with Gasteiger partial charge in [-0.25, -0.2) is 0 Å². The van der Waals surface area contributed by atoms with Gasteiger partial charge in [-0.15, -0.1) is 0 Å². The molecule has 1 heterocycles. The van der Waals surface area contributed by atoms with Crippen LogP contribution in [0.1, 0.15) is 72.1 Å². The quantitative estimate of drug-likeness (QED) is 0.689. The molecule has 1 aliphatic heterocycles. The lowest BCUT2D eigenvalue weighted by Gasteiger charge is -2.46. The second kappa shape index (κ2) is 7.52. The molecule has 112 valence electrons. The standard InChI is InChI=1S/C17H31BN2/c1-4-19-17-11-10-14-12-15(18)8-6-5-7-9-16(14)20(17)13(2)3/h13-16H,4-12H2,1-3H3. The Hall–Kier alpha value is -0.465. The zero-order chi connectivity index (χ0) is 14.5. The number of hydrogen-bond acceptors (Lipinski definition) is 1. The largest absolute Gasteiger partial charge is 0.355 e. The van der Waals surface area contributed by atoms with Crippen LogP contribution in [0.2, 0.25) is 5.82 Å². The van der Waals surface area contributed by atoms with Crippen LogP contribution in [0, 0.1) is 5.92 Å². The molecule has 1 saturated heterocycles. The molecule has 0 bridgehead atoms. The van der Waals surface area contributed by atoms with E-state index in [2.05, 4.69) is 25.7 Å². The van der Waals surface area contributed by atoms with Gasteiger partial charge in [0, 0.05) is 25.0 Å². The van der Waals surface area contributed by atoms with Gasteiger partial charge in [-0.05, 0) is 39.5 Å². The second-order valence-corrected chi connectivity index (χ2v) is 6.89. The predicted molar refractivity (Wildman–Crippen MR) is 88.7 cm³/mol. The molecule has 3 atom stereocenters. The van der Waals surface area contributed by atoms with Crippen LogP contribution < -0.4 is 0 Å². The maximum atomic E-state index is 6.35. The molecule has 2 rings (SSSR count). The van der Waals surface area contributed by atoms with Gasteiger partial charge in [-0.1, -0.05) is 37.9 Å². The Kier molecular flexibility index (Phi) is 5.98. The van der Waals surface area contributed by atoms with E-state index in [9.17, 15) is 0 Å². The third-order valence-electron chi connectivity index (χ3n) is 5.02. The van der Waals surface area contributed by atoms with E-state index < -0.39 is 0 Å². The molecule has 2 aliphatic rings. The molecule has 2 radical (unpaired) electrons. The summed E-state index contributed by atoms with van der Waals surface area (Å²) in [6.45, 7) is 7.70. The minimum Gasteiger partial charge on any atom is -0.355 e. The van der Waals surface area contributed by atoms with Gasteiger partial charge < -0.3 is 4.90 Å². The SMILES string of the molecule is [B]C1CCCCCC2C(CCC(=NCC)N2C(C)C)C1. The summed E-state index contributed by atoms with van der Waals surface area (Å²) >= 11 is 0. The average Bonchev–Trinajstić information content (AvgIpc) is 2.48. The number of hydrogen-bond donors (Lipinski definition) is 0. The summed E-state index contributed by atoms with van der Waals surface area (Å²) < 4.78 is 0. The average molecular weight is 274 g/mol. The van der Waals surface area contributed by atoms with Crippen LogP contribution in [-0.4, -0.2) is 37.2 Å². The van der Waals surface area contributed by atoms with E-state index in [0.29, 0.717) is 17.9 Å². The minimum atomic E-state index is 0.416. The maximum absolute atomic E-state index is 6.35. The van der Waals surface area contributed by atoms with Crippen LogP contribution in [0.5, 0.6) is 0 Å². The van der Waals surface area contributed by atoms with Crippen LogP contribution >= 0.6 is 0 Å². The Morgan fingerprint density at radius 1 is 1.20 bits per heavy atom. The van der Waals surface area contributed by atoms with Crippen molar-refractivity contribution in [2.75, 3.05) is 6.54 Å². The molecule has 0 N–H and O–H groups in total. The van der Waals surface area contributed by atoms with Crippen molar-refractivity contribution in [2.24, 2.45) is 10.9 Å². The molecule has 0 spiro atoms. The third-order valence-corrected chi connectivity index (χ3v) is 5.02. The van der Waals surface area contributed by atoms with Crippen molar-refractivity contribution in [1.29, 1.82) is 0 Å². The highest BCUT2D eigenvalue weighted by atomic mass is 15.2. The van der Waals surface area contributed by atoms with E-state index in [0.717, 1.165) is 18.9 Å². The number of likely N-dealkylation sites (tertiary alicyclic amines) is 1. The fraction of sp³-hybridized carbons (Fsp3) is 0.941. The molecule has 1 saturated carbocycles. The van der Waals surface area contributed by atoms with Gasteiger partial charge in [0.15, 0.2) is 0 Å². The zero-order valence-corrected chi connectivity index (χ0v) is 13.6. The molecule has 0 amide bonds. The molecule has 20 heavy (non-hydrogen) atoms. The van der Waals surface area contributed by atoms with Crippen LogP contribution in [0.4, 0.5) is 0 Å². The normalized spacial score (nSPS) is 34.5. The van der Waals surface area contributed by atoms with E-state index in [1.165, 1.54) is 50.8 Å². The Morgan fingerprint density at radius 2 is 1.95 bits per heavy atom. The number of aliphatic imine (C=N–C) groups is 1. The van der Waals surface area contributed by atoms with Gasteiger partial charge in [-0.3, -0.25) is 4.99 Å². The third kappa shape index (κ3) is 3.80. The Morgan fingerprint density at radius 3 is 2.65 bits per heavy atom. The van der Waals surface area contributed by atoms with Crippen LogP contribution in [0.25, 0.3) is 0 Å². The topological polar surface area (TPSA) is 15.6 Å². The molecular formula is C17H31BN2. The molecule has 0 aromatic carbocycles. The van der Waals surface area contributed by atoms with Crippen molar-refractivity contribution in [3.63, 3.8) is 0 Å². The number of piperidine rings is 1. The Labute approximate surface area is 126 Å². The molecule has 3 unspecified atom stereocenters. The highest BCUT2D eigenvalue weighted by molar-refractivity contribution is 6.11. The van der Waals surface area contributed by atoms with Crippen LogP contribution in [-0.2, 0) is 0 Å². The molecule has 2 nitrogen and oxygen atoms in total. The molecule has 0 aromatic rings. The molecule has 2 fully saturated rings. The second-order valence-electron chi connectivity index (χ2n) is 6.89. The van der Waals surface area contributed by atoms with E-state index in [1.54, 1.807) is 0 Å². The summed E-state index contributed by atoms with van der Waals surface area (Å²) in [7, 11) is 6.35. The fourth-order valence-corrected chi connectivity index (χ4v) is 4.17. The van der Waals surface area contributed by atoms with E-state index in [1.807, 2.05) is 0 Å². The molecule has 0 aromatic heterocycles. The Balaban J connectivity index is 2.20. The van der Waals surface area contributed by atoms with Gasteiger partial charge in [-0.2, -0.15) is 0 Å². The lowest BCUT2D eigenvalue weighted by molar-refractivity contribution is 0.140. The molecule has 1 aliphatic carbocycles. The lowest BCUT2D eigenvalue weighted by Crippen LogP contribution is -2.52. The highest BCUT2D eigenvalue weighted by Gasteiger charge is 2.36. The van der Waals surface area contributed by atoms with Crippen molar-refractivity contribution in [3.8, 4) is 0 Å². The van der Waals surface area contributed by atoms with Crippen LogP contribution in [0.3, 0.4) is 0 Å². The van der Waals surface area contributed by atoms with Gasteiger partial charge in [0.1, 0.15) is 0 Å². The van der Waals surface area contributed by atoms with E-state index >= 15 is 0 Å². The highest BCUT2D eigenvalue weighted by Crippen LogP contribution is 2.37. The van der Waals surface area contributed by atoms with Crippen molar-refractivity contribution in [3.05, 3.63) is 0 Å². The van der Waals surface area contributed by atoms with Crippen molar-refractivity contribution in [2.45, 2.75) is 90.0 Å². The summed E-state index contributed by atoms with van der Waals surface area (Å²) in [4.78, 5) is 7.42. The van der Waals surface area contributed by atoms with Gasteiger partial charge in [0.25, 0.3) is 0 Å². The van der Waals surface area contributed by atoms with Gasteiger partial charge in [0.05, 0.1) is 13.7 Å². The monoisotopic (exact) mass is 274 g/mol. The summed E-state index contributed by atoms with van der Waals surface area (Å²) in [6, 6.07) is 1.24. The summed E-state index contributed by atoms with van der Waals surface area (Å²) in [5.41, 5.74) is 0. The first-order valence-electron chi connectivity index (χ1n) is 8.70. The maximum Gasteiger partial charge on any atom is 0.0993 e. The smallest absolute Gasteiger partial charge is 0.0993 e. The first kappa shape index (κ1) is 15.9. The summed E-state index contributed by atoms with van der Waals surface area (Å²) in [5.74, 6) is 2.55.